The molecule has 3 atom stereocenters. The molecule has 1 saturated carbocycles. The average Bonchev–Trinajstić information content (AvgIpc) is 3.07. The van der Waals surface area contributed by atoms with Gasteiger partial charge >= 0.3 is 0 Å². The van der Waals surface area contributed by atoms with Gasteiger partial charge in [0.2, 0.25) is 5.91 Å². The summed E-state index contributed by atoms with van der Waals surface area (Å²) in [4.78, 5) is 12.0. The first-order valence-corrected chi connectivity index (χ1v) is 6.64. The summed E-state index contributed by atoms with van der Waals surface area (Å²) in [7, 11) is 0. The highest BCUT2D eigenvalue weighted by molar-refractivity contribution is 5.81. The van der Waals surface area contributed by atoms with E-state index in [1.54, 1.807) is 0 Å². The predicted octanol–water partition coefficient (Wildman–Crippen LogP) is 2.84. The van der Waals surface area contributed by atoms with Crippen LogP contribution >= 0.6 is 0 Å². The molecule has 0 bridgehead atoms. The van der Waals surface area contributed by atoms with Crippen LogP contribution in [0.25, 0.3) is 0 Å². The number of hydrogen-bond donors (Lipinski definition) is 1. The first kappa shape index (κ1) is 10.8. The largest absolute Gasteiger partial charge is 0.349 e. The molecule has 1 aromatic rings. The summed E-state index contributed by atoms with van der Waals surface area (Å²) in [5, 5.41) is 3.23. The van der Waals surface area contributed by atoms with Gasteiger partial charge in [-0.05, 0) is 42.7 Å². The Morgan fingerprint density at radius 3 is 2.88 bits per heavy atom. The van der Waals surface area contributed by atoms with E-state index in [1.807, 2.05) is 0 Å². The molecule has 1 fully saturated rings. The smallest absolute Gasteiger partial charge is 0.223 e. The Balaban J connectivity index is 1.74. The number of nitrogens with one attached hydrogen (secondary N) is 1. The van der Waals surface area contributed by atoms with Crippen molar-refractivity contribution < 1.29 is 4.79 Å². The molecule has 1 amide bonds. The molecular formula is C15H19NO. The van der Waals surface area contributed by atoms with Gasteiger partial charge in [0.05, 0.1) is 6.04 Å². The van der Waals surface area contributed by atoms with Gasteiger partial charge in [0.25, 0.3) is 0 Å². The number of carbonyl (C=O) groups excluding carboxylic acids is 1. The first-order chi connectivity index (χ1) is 8.25. The highest BCUT2D eigenvalue weighted by Crippen LogP contribution is 2.39. The van der Waals surface area contributed by atoms with Gasteiger partial charge in [-0.25, -0.2) is 0 Å². The first-order valence-electron chi connectivity index (χ1n) is 6.64. The van der Waals surface area contributed by atoms with Crippen molar-refractivity contribution in [2.24, 2.45) is 11.8 Å². The Bertz CT molecular complexity index is 440. The molecule has 90 valence electrons. The Morgan fingerprint density at radius 1 is 1.35 bits per heavy atom. The van der Waals surface area contributed by atoms with E-state index in [1.165, 1.54) is 17.5 Å². The summed E-state index contributed by atoms with van der Waals surface area (Å²) in [6.07, 6.45) is 4.49. The number of aryl methyl sites for hydroxylation is 1. The van der Waals surface area contributed by atoms with Gasteiger partial charge in [-0.2, -0.15) is 0 Å². The van der Waals surface area contributed by atoms with Crippen LogP contribution < -0.4 is 5.32 Å². The Hall–Kier alpha value is -1.31. The quantitative estimate of drug-likeness (QED) is 0.830. The number of benzene rings is 1. The third-order valence-corrected chi connectivity index (χ3v) is 4.13. The molecule has 0 saturated heterocycles. The van der Waals surface area contributed by atoms with E-state index in [-0.39, 0.29) is 17.9 Å². The van der Waals surface area contributed by atoms with Gasteiger partial charge in [0.1, 0.15) is 0 Å². The maximum absolute atomic E-state index is 12.0. The lowest BCUT2D eigenvalue weighted by Gasteiger charge is -2.26. The third kappa shape index (κ3) is 2.08. The highest BCUT2D eigenvalue weighted by Gasteiger charge is 2.40. The topological polar surface area (TPSA) is 29.1 Å². The third-order valence-electron chi connectivity index (χ3n) is 4.13. The summed E-state index contributed by atoms with van der Waals surface area (Å²) < 4.78 is 0. The van der Waals surface area contributed by atoms with Crippen molar-refractivity contribution in [2.45, 2.75) is 38.6 Å². The highest BCUT2D eigenvalue weighted by atomic mass is 16.2. The molecule has 17 heavy (non-hydrogen) atoms. The SMILES string of the molecule is CC1CC1C(=O)NC1CCCc2ccccc21. The van der Waals surface area contributed by atoms with E-state index in [0.717, 1.165) is 19.3 Å². The molecule has 1 N–H and O–H groups in total. The summed E-state index contributed by atoms with van der Waals surface area (Å²) in [5.41, 5.74) is 2.74. The fourth-order valence-electron chi connectivity index (χ4n) is 2.87. The number of carbonyl (C=O) groups is 1. The van der Waals surface area contributed by atoms with Crippen LogP contribution in [0.3, 0.4) is 0 Å². The summed E-state index contributed by atoms with van der Waals surface area (Å²) >= 11 is 0. The van der Waals surface area contributed by atoms with Gasteiger partial charge in [-0.15, -0.1) is 0 Å². The van der Waals surface area contributed by atoms with Gasteiger partial charge < -0.3 is 5.32 Å². The van der Waals surface area contributed by atoms with E-state index < -0.39 is 0 Å². The molecule has 0 heterocycles. The molecule has 3 unspecified atom stereocenters. The number of fused-ring (bicyclic) bond motifs is 1. The Morgan fingerprint density at radius 2 is 2.12 bits per heavy atom. The van der Waals surface area contributed by atoms with Crippen molar-refractivity contribution in [3.63, 3.8) is 0 Å². The zero-order valence-corrected chi connectivity index (χ0v) is 10.3. The van der Waals surface area contributed by atoms with Gasteiger partial charge in [0.15, 0.2) is 0 Å². The minimum absolute atomic E-state index is 0.250. The van der Waals surface area contributed by atoms with Crippen LogP contribution in [0.4, 0.5) is 0 Å². The summed E-state index contributed by atoms with van der Waals surface area (Å²) in [6, 6.07) is 8.76. The monoisotopic (exact) mass is 229 g/mol. The van der Waals surface area contributed by atoms with Crippen LogP contribution in [0.15, 0.2) is 24.3 Å². The number of hydrogen-bond acceptors (Lipinski definition) is 1. The Labute approximate surface area is 102 Å². The van der Waals surface area contributed by atoms with E-state index >= 15 is 0 Å². The molecule has 2 aliphatic rings. The maximum atomic E-state index is 12.0. The van der Waals surface area contributed by atoms with Gasteiger partial charge in [0, 0.05) is 5.92 Å². The van der Waals surface area contributed by atoms with Crippen LogP contribution in [-0.2, 0) is 11.2 Å². The molecule has 1 aromatic carbocycles. The lowest BCUT2D eigenvalue weighted by atomic mass is 9.87. The van der Waals surface area contributed by atoms with Crippen molar-refractivity contribution in [3.05, 3.63) is 35.4 Å². The predicted molar refractivity (Wildman–Crippen MR) is 67.5 cm³/mol. The zero-order valence-electron chi connectivity index (χ0n) is 10.3. The molecule has 0 radical (unpaired) electrons. The van der Waals surface area contributed by atoms with Crippen molar-refractivity contribution in [3.8, 4) is 0 Å². The van der Waals surface area contributed by atoms with Crippen molar-refractivity contribution in [1.29, 1.82) is 0 Å². The van der Waals surface area contributed by atoms with Crippen molar-refractivity contribution in [2.75, 3.05) is 0 Å². The molecule has 0 aliphatic heterocycles. The van der Waals surface area contributed by atoms with Crippen LogP contribution in [0.2, 0.25) is 0 Å². The van der Waals surface area contributed by atoms with E-state index in [0.29, 0.717) is 5.92 Å². The van der Waals surface area contributed by atoms with Crippen LogP contribution in [0.5, 0.6) is 0 Å². The van der Waals surface area contributed by atoms with Crippen LogP contribution in [-0.4, -0.2) is 5.91 Å². The molecule has 2 heteroatoms. The minimum Gasteiger partial charge on any atom is -0.349 e. The van der Waals surface area contributed by atoms with Crippen molar-refractivity contribution >= 4 is 5.91 Å². The summed E-state index contributed by atoms with van der Waals surface area (Å²) in [5.74, 6) is 1.14. The number of amides is 1. The average molecular weight is 229 g/mol. The second-order valence-electron chi connectivity index (χ2n) is 5.47. The molecule has 3 rings (SSSR count). The second-order valence-corrected chi connectivity index (χ2v) is 5.47. The molecule has 2 nitrogen and oxygen atoms in total. The van der Waals surface area contributed by atoms with Crippen LogP contribution in [0.1, 0.15) is 43.4 Å². The van der Waals surface area contributed by atoms with Gasteiger partial charge in [-0.1, -0.05) is 31.2 Å². The van der Waals surface area contributed by atoms with E-state index in [4.69, 9.17) is 0 Å². The zero-order chi connectivity index (χ0) is 11.8. The Kier molecular flexibility index (Phi) is 2.65. The van der Waals surface area contributed by atoms with E-state index in [9.17, 15) is 4.79 Å². The van der Waals surface area contributed by atoms with Gasteiger partial charge in [-0.3, -0.25) is 4.79 Å². The lowest BCUT2D eigenvalue weighted by molar-refractivity contribution is -0.123. The molecule has 0 aromatic heterocycles. The molecule has 2 aliphatic carbocycles. The fourth-order valence-corrected chi connectivity index (χ4v) is 2.87. The normalized spacial score (nSPS) is 30.5. The number of rotatable bonds is 2. The van der Waals surface area contributed by atoms with Crippen molar-refractivity contribution in [1.82, 2.24) is 5.32 Å². The standard InChI is InChI=1S/C15H19NO/c1-10-9-13(10)15(17)16-14-8-4-6-11-5-2-3-7-12(11)14/h2-3,5,7,10,13-14H,4,6,8-9H2,1H3,(H,16,17). The second kappa shape index (κ2) is 4.17. The van der Waals surface area contributed by atoms with Crippen LogP contribution in [0, 0.1) is 11.8 Å². The maximum Gasteiger partial charge on any atom is 0.223 e. The lowest BCUT2D eigenvalue weighted by Crippen LogP contribution is -2.32. The fraction of sp³-hybridized carbons (Fsp3) is 0.533. The minimum atomic E-state index is 0.250. The molecular weight excluding hydrogens is 210 g/mol. The molecule has 0 spiro atoms. The summed E-state index contributed by atoms with van der Waals surface area (Å²) in [6.45, 7) is 2.15. The van der Waals surface area contributed by atoms with E-state index in [2.05, 4.69) is 36.5 Å².